The van der Waals surface area contributed by atoms with Gasteiger partial charge in [-0.25, -0.2) is 4.79 Å². The summed E-state index contributed by atoms with van der Waals surface area (Å²) in [5, 5.41) is 11.8. The summed E-state index contributed by atoms with van der Waals surface area (Å²) in [6, 6.07) is 14.7. The number of benzene rings is 2. The third kappa shape index (κ3) is 8.83. The fourth-order valence-corrected chi connectivity index (χ4v) is 3.64. The molecule has 9 heteroatoms. The van der Waals surface area contributed by atoms with Crippen molar-refractivity contribution >= 4 is 42.1 Å². The number of aliphatic hydroxyl groups is 1. The van der Waals surface area contributed by atoms with E-state index in [1.54, 1.807) is 30.0 Å². The van der Waals surface area contributed by atoms with Crippen molar-refractivity contribution in [2.24, 2.45) is 5.41 Å². The zero-order valence-corrected chi connectivity index (χ0v) is 20.8. The summed E-state index contributed by atoms with van der Waals surface area (Å²) in [6.45, 7) is 4.10. The second kappa shape index (κ2) is 13.4. The Labute approximate surface area is 204 Å². The highest BCUT2D eigenvalue weighted by atomic mass is 32.2. The first-order valence-corrected chi connectivity index (χ1v) is 12.4. The van der Waals surface area contributed by atoms with E-state index in [-0.39, 0.29) is 25.6 Å². The van der Waals surface area contributed by atoms with Crippen LogP contribution in [0.15, 0.2) is 53.4 Å². The van der Waals surface area contributed by atoms with E-state index < -0.39 is 23.6 Å². The zero-order chi connectivity index (χ0) is 24.3. The first kappa shape index (κ1) is 26.9. The predicted octanol–water partition coefficient (Wildman–Crippen LogP) is 4.96. The van der Waals surface area contributed by atoms with Gasteiger partial charge < -0.3 is 19.3 Å². The van der Waals surface area contributed by atoms with Crippen LogP contribution in [0.3, 0.4) is 0 Å². The minimum absolute atomic E-state index is 0.00231. The number of carbonyl (C=O) groups excluding carboxylic acids is 2. The van der Waals surface area contributed by atoms with E-state index in [0.717, 1.165) is 10.5 Å². The molecule has 0 aliphatic rings. The Morgan fingerprint density at radius 2 is 1.88 bits per heavy atom. The van der Waals surface area contributed by atoms with Crippen LogP contribution in [0, 0.1) is 5.41 Å². The summed E-state index contributed by atoms with van der Waals surface area (Å²) < 4.78 is 16.6. The second-order valence-electron chi connectivity index (χ2n) is 7.90. The van der Waals surface area contributed by atoms with Crippen LogP contribution in [-0.2, 0) is 14.3 Å². The molecule has 2 aromatic carbocycles. The van der Waals surface area contributed by atoms with Gasteiger partial charge in [0.05, 0.1) is 19.0 Å². The Balaban J connectivity index is 2.21. The molecule has 0 aliphatic carbocycles. The normalized spacial score (nSPS) is 12.0. The van der Waals surface area contributed by atoms with Gasteiger partial charge in [0.15, 0.2) is 0 Å². The molecule has 180 valence electrons. The molecule has 33 heavy (non-hydrogen) atoms. The van der Waals surface area contributed by atoms with Crippen LogP contribution in [0.5, 0.6) is 5.75 Å². The van der Waals surface area contributed by atoms with E-state index in [0.29, 0.717) is 17.9 Å². The monoisotopic (exact) mass is 493 g/mol. The molecule has 0 aromatic heterocycles. The lowest BCUT2D eigenvalue weighted by Gasteiger charge is -2.34. The zero-order valence-electron chi connectivity index (χ0n) is 19.1. The number of amides is 1. The highest BCUT2D eigenvalue weighted by Gasteiger charge is 2.35. The largest absolute Gasteiger partial charge is 0.491 e. The van der Waals surface area contributed by atoms with Gasteiger partial charge in [-0.3, -0.25) is 10.1 Å². The van der Waals surface area contributed by atoms with Crippen molar-refractivity contribution in [3.63, 3.8) is 0 Å². The van der Waals surface area contributed by atoms with Crippen molar-refractivity contribution in [3.05, 3.63) is 54.1 Å². The Morgan fingerprint density at radius 1 is 1.15 bits per heavy atom. The van der Waals surface area contributed by atoms with Crippen molar-refractivity contribution in [2.45, 2.75) is 31.3 Å². The molecule has 0 fully saturated rings. The summed E-state index contributed by atoms with van der Waals surface area (Å²) >= 11 is 5.53. The molecular formula is C24H31NO6S2. The summed E-state index contributed by atoms with van der Waals surface area (Å²) in [5.74, 6) is 0.153. The van der Waals surface area contributed by atoms with Gasteiger partial charge in [0.2, 0.25) is 0 Å². The molecule has 0 unspecified atom stereocenters. The highest BCUT2D eigenvalue weighted by Crippen LogP contribution is 2.40. The number of anilines is 1. The molecule has 2 aromatic rings. The number of esters is 1. The lowest BCUT2D eigenvalue weighted by molar-refractivity contribution is -0.141. The first-order valence-electron chi connectivity index (χ1n) is 10.5. The molecule has 0 radical (unpaired) electrons. The van der Waals surface area contributed by atoms with Gasteiger partial charge in [0.25, 0.3) is 0 Å². The second-order valence-corrected chi connectivity index (χ2v) is 9.10. The van der Waals surface area contributed by atoms with Gasteiger partial charge in [-0.1, -0.05) is 26.0 Å². The molecule has 0 heterocycles. The molecule has 0 saturated heterocycles. The van der Waals surface area contributed by atoms with Crippen molar-refractivity contribution in [1.82, 2.24) is 0 Å². The Hall–Kier alpha value is -2.36. The molecule has 0 aliphatic heterocycles. The Bertz CT molecular complexity index is 904. The summed E-state index contributed by atoms with van der Waals surface area (Å²) in [6.07, 6.45) is 1.18. The summed E-state index contributed by atoms with van der Waals surface area (Å²) in [5.41, 5.74) is 0.771. The fraction of sp³-hybridized carbons (Fsp3) is 0.417. The van der Waals surface area contributed by atoms with E-state index in [4.69, 9.17) is 19.3 Å². The van der Waals surface area contributed by atoms with Crippen LogP contribution >= 0.6 is 24.4 Å². The van der Waals surface area contributed by atoms with E-state index in [2.05, 4.69) is 17.9 Å². The van der Waals surface area contributed by atoms with Gasteiger partial charge in [0.1, 0.15) is 18.5 Å². The highest BCUT2D eigenvalue weighted by molar-refractivity contribution is 7.98. The van der Waals surface area contributed by atoms with E-state index >= 15 is 0 Å². The number of hydrogen-bond donors (Lipinski definition) is 3. The van der Waals surface area contributed by atoms with Gasteiger partial charge >= 0.3 is 12.1 Å². The first-order chi connectivity index (χ1) is 15.8. The lowest BCUT2D eigenvalue weighted by Crippen LogP contribution is -2.30. The molecule has 2 rings (SSSR count). The van der Waals surface area contributed by atoms with Gasteiger partial charge in [-0.05, 0) is 54.6 Å². The number of hydrogen-bond acceptors (Lipinski definition) is 8. The van der Waals surface area contributed by atoms with Crippen LogP contribution in [0.4, 0.5) is 10.5 Å². The summed E-state index contributed by atoms with van der Waals surface area (Å²) in [4.78, 5) is 25.3. The minimum Gasteiger partial charge on any atom is -0.491 e. The SMILES string of the molecule is CSc1ccc(NC(=O)O[C@H](c2cccc(OCCO)c2)C(C)(C)CCOC(=O)CS)cc1. The molecule has 1 atom stereocenters. The fourth-order valence-electron chi connectivity index (χ4n) is 3.14. The molecule has 2 N–H and O–H groups in total. The van der Waals surface area contributed by atoms with Crippen LogP contribution in [0.25, 0.3) is 0 Å². The molecule has 1 amide bonds. The standard InChI is InChI=1S/C24H31NO6S2/c1-24(2,11-13-30-21(27)16-32)22(17-5-4-6-19(15-17)29-14-12-26)31-23(28)25-18-7-9-20(33-3)10-8-18/h4-10,15,22,26,32H,11-14,16H2,1-3H3,(H,25,28)/t22-/m1/s1. The van der Waals surface area contributed by atoms with Crippen LogP contribution < -0.4 is 10.1 Å². The molecule has 7 nitrogen and oxygen atoms in total. The number of rotatable bonds is 12. The minimum atomic E-state index is -0.657. The maximum absolute atomic E-state index is 12.8. The topological polar surface area (TPSA) is 94.1 Å². The number of aliphatic hydroxyl groups excluding tert-OH is 1. The molecule has 0 spiro atoms. The number of carbonyl (C=O) groups is 2. The quantitative estimate of drug-likeness (QED) is 0.219. The van der Waals surface area contributed by atoms with Gasteiger partial charge in [0, 0.05) is 16.0 Å². The molecule has 0 saturated carbocycles. The number of ether oxygens (including phenoxy) is 3. The third-order valence-corrected chi connectivity index (χ3v) is 5.93. The lowest BCUT2D eigenvalue weighted by atomic mass is 9.80. The van der Waals surface area contributed by atoms with Gasteiger partial charge in [-0.15, -0.1) is 11.8 Å². The van der Waals surface area contributed by atoms with Gasteiger partial charge in [-0.2, -0.15) is 12.6 Å². The van der Waals surface area contributed by atoms with Crippen molar-refractivity contribution < 1.29 is 28.9 Å². The number of thiol groups is 1. The van der Waals surface area contributed by atoms with Crippen LogP contribution in [0.1, 0.15) is 31.9 Å². The van der Waals surface area contributed by atoms with Crippen molar-refractivity contribution in [3.8, 4) is 5.75 Å². The maximum atomic E-state index is 12.8. The third-order valence-electron chi connectivity index (χ3n) is 4.93. The number of thioether (sulfide) groups is 1. The van der Waals surface area contributed by atoms with E-state index in [1.165, 1.54) is 0 Å². The molecule has 0 bridgehead atoms. The molecular weight excluding hydrogens is 462 g/mol. The maximum Gasteiger partial charge on any atom is 0.412 e. The smallest absolute Gasteiger partial charge is 0.412 e. The van der Waals surface area contributed by atoms with Crippen molar-refractivity contribution in [2.75, 3.05) is 37.1 Å². The number of nitrogens with one attached hydrogen (secondary N) is 1. The summed E-state index contributed by atoms with van der Waals surface area (Å²) in [7, 11) is 0. The Kier molecular flexibility index (Phi) is 10.9. The Morgan fingerprint density at radius 3 is 2.52 bits per heavy atom. The average molecular weight is 494 g/mol. The predicted molar refractivity (Wildman–Crippen MR) is 133 cm³/mol. The van der Waals surface area contributed by atoms with Crippen molar-refractivity contribution in [1.29, 1.82) is 0 Å². The van der Waals surface area contributed by atoms with E-state index in [9.17, 15) is 9.59 Å². The van der Waals surface area contributed by atoms with Crippen LogP contribution in [-0.4, -0.2) is 49.0 Å². The van der Waals surface area contributed by atoms with Crippen LogP contribution in [0.2, 0.25) is 0 Å². The average Bonchev–Trinajstić information content (AvgIpc) is 2.81. The van der Waals surface area contributed by atoms with E-state index in [1.807, 2.05) is 50.4 Å².